The van der Waals surface area contributed by atoms with E-state index in [4.69, 9.17) is 4.74 Å². The Labute approximate surface area is 140 Å². The number of ether oxygens (including phenoxy) is 1. The lowest BCUT2D eigenvalue weighted by Gasteiger charge is -2.13. The Hall–Kier alpha value is -2.05. The molecule has 5 nitrogen and oxygen atoms in total. The molecule has 0 fully saturated rings. The Balaban J connectivity index is 1.76. The van der Waals surface area contributed by atoms with E-state index in [-0.39, 0.29) is 12.6 Å². The number of aliphatic hydroxyl groups is 1. The van der Waals surface area contributed by atoms with Gasteiger partial charge in [0.2, 0.25) is 0 Å². The number of hydrogen-bond donors (Lipinski definition) is 3. The fourth-order valence-corrected chi connectivity index (χ4v) is 2.99. The highest BCUT2D eigenvalue weighted by molar-refractivity contribution is 7.11. The summed E-state index contributed by atoms with van der Waals surface area (Å²) in [6.07, 6.45) is 0.230. The van der Waals surface area contributed by atoms with E-state index in [0.29, 0.717) is 17.9 Å². The first-order chi connectivity index (χ1) is 11.1. The van der Waals surface area contributed by atoms with Crippen LogP contribution in [0.3, 0.4) is 0 Å². The van der Waals surface area contributed by atoms with Gasteiger partial charge in [0.15, 0.2) is 0 Å². The summed E-state index contributed by atoms with van der Waals surface area (Å²) < 4.78 is 5.12. The van der Waals surface area contributed by atoms with Crippen molar-refractivity contribution < 1.29 is 14.6 Å². The predicted octanol–water partition coefficient (Wildman–Crippen LogP) is 2.85. The van der Waals surface area contributed by atoms with Crippen LogP contribution < -0.4 is 15.4 Å². The van der Waals surface area contributed by atoms with Crippen LogP contribution in [-0.4, -0.2) is 24.8 Å². The van der Waals surface area contributed by atoms with Gasteiger partial charge < -0.3 is 20.5 Å². The molecular formula is C17H22N2O3S. The predicted molar refractivity (Wildman–Crippen MR) is 91.9 cm³/mol. The zero-order valence-electron chi connectivity index (χ0n) is 13.3. The number of nitrogens with one attached hydrogen (secondary N) is 2. The lowest BCUT2D eigenvalue weighted by molar-refractivity contribution is 0.172. The molecule has 0 aliphatic rings. The summed E-state index contributed by atoms with van der Waals surface area (Å²) in [4.78, 5) is 14.2. The second kappa shape index (κ2) is 8.55. The van der Waals surface area contributed by atoms with Crippen LogP contribution in [0, 0.1) is 0 Å². The Kier molecular flexibility index (Phi) is 6.43. The van der Waals surface area contributed by atoms with Crippen LogP contribution in [0.5, 0.6) is 5.75 Å². The molecule has 0 bridgehead atoms. The Morgan fingerprint density at radius 1 is 1.26 bits per heavy atom. The number of benzene rings is 1. The highest BCUT2D eigenvalue weighted by Gasteiger charge is 2.10. The number of hydrogen-bond acceptors (Lipinski definition) is 4. The first kappa shape index (κ1) is 17.3. The zero-order valence-corrected chi connectivity index (χ0v) is 14.2. The quantitative estimate of drug-likeness (QED) is 0.729. The van der Waals surface area contributed by atoms with Crippen molar-refractivity contribution >= 4 is 17.4 Å². The molecule has 23 heavy (non-hydrogen) atoms. The standard InChI is InChI=1S/C17H22N2O3S/c1-3-14-7-8-15(23-14)10-18-17(21)19-11-16(20)12-5-4-6-13(9-12)22-2/h4-9,16,20H,3,10-11H2,1-2H3,(H2,18,19,21). The van der Waals surface area contributed by atoms with E-state index in [9.17, 15) is 9.90 Å². The number of urea groups is 1. The van der Waals surface area contributed by atoms with Gasteiger partial charge in [-0.25, -0.2) is 4.79 Å². The molecular weight excluding hydrogens is 312 g/mol. The van der Waals surface area contributed by atoms with Crippen molar-refractivity contribution in [3.8, 4) is 5.75 Å². The summed E-state index contributed by atoms with van der Waals surface area (Å²) in [5.74, 6) is 0.676. The van der Waals surface area contributed by atoms with Gasteiger partial charge >= 0.3 is 6.03 Å². The maximum atomic E-state index is 11.8. The molecule has 0 saturated carbocycles. The molecule has 1 aromatic heterocycles. The van der Waals surface area contributed by atoms with Crippen molar-refractivity contribution in [3.05, 3.63) is 51.7 Å². The van der Waals surface area contributed by atoms with Crippen LogP contribution in [-0.2, 0) is 13.0 Å². The third-order valence-electron chi connectivity index (χ3n) is 3.42. The van der Waals surface area contributed by atoms with Gasteiger partial charge in [0.25, 0.3) is 0 Å². The normalized spacial score (nSPS) is 11.8. The zero-order chi connectivity index (χ0) is 16.7. The number of aliphatic hydroxyl groups excluding tert-OH is 1. The smallest absolute Gasteiger partial charge is 0.315 e. The second-order valence-electron chi connectivity index (χ2n) is 5.08. The van der Waals surface area contributed by atoms with Crippen LogP contribution in [0.15, 0.2) is 36.4 Å². The van der Waals surface area contributed by atoms with E-state index >= 15 is 0 Å². The van der Waals surface area contributed by atoms with Gasteiger partial charge in [-0.1, -0.05) is 19.1 Å². The molecule has 1 unspecified atom stereocenters. The first-order valence-electron chi connectivity index (χ1n) is 7.53. The van der Waals surface area contributed by atoms with Crippen LogP contribution in [0.2, 0.25) is 0 Å². The Morgan fingerprint density at radius 2 is 2.04 bits per heavy atom. The van der Waals surface area contributed by atoms with E-state index in [1.165, 1.54) is 4.88 Å². The number of carbonyl (C=O) groups excluding carboxylic acids is 1. The molecule has 124 valence electrons. The minimum absolute atomic E-state index is 0.143. The van der Waals surface area contributed by atoms with Gasteiger partial charge in [0.1, 0.15) is 5.75 Å². The second-order valence-corrected chi connectivity index (χ2v) is 6.33. The maximum Gasteiger partial charge on any atom is 0.315 e. The number of carbonyl (C=O) groups is 1. The third-order valence-corrected chi connectivity index (χ3v) is 4.65. The minimum Gasteiger partial charge on any atom is -0.497 e. The minimum atomic E-state index is -0.774. The average molecular weight is 334 g/mol. The van der Waals surface area contributed by atoms with Gasteiger partial charge in [-0.15, -0.1) is 11.3 Å². The van der Waals surface area contributed by atoms with E-state index in [2.05, 4.69) is 23.6 Å². The van der Waals surface area contributed by atoms with Gasteiger partial charge in [-0.2, -0.15) is 0 Å². The molecule has 0 aliphatic carbocycles. The molecule has 0 spiro atoms. The van der Waals surface area contributed by atoms with Crippen molar-refractivity contribution in [3.63, 3.8) is 0 Å². The lowest BCUT2D eigenvalue weighted by Crippen LogP contribution is -2.37. The molecule has 0 radical (unpaired) electrons. The highest BCUT2D eigenvalue weighted by Crippen LogP contribution is 2.18. The third kappa shape index (κ3) is 5.26. The van der Waals surface area contributed by atoms with E-state index in [0.717, 1.165) is 11.3 Å². The van der Waals surface area contributed by atoms with Crippen LogP contribution in [0.25, 0.3) is 0 Å². The van der Waals surface area contributed by atoms with Crippen molar-refractivity contribution in [2.45, 2.75) is 26.0 Å². The molecule has 1 heterocycles. The molecule has 2 rings (SSSR count). The number of rotatable bonds is 7. The monoisotopic (exact) mass is 334 g/mol. The van der Waals surface area contributed by atoms with Gasteiger partial charge in [0, 0.05) is 16.3 Å². The summed E-state index contributed by atoms with van der Waals surface area (Å²) in [7, 11) is 1.58. The molecule has 3 N–H and O–H groups in total. The SMILES string of the molecule is CCc1ccc(CNC(=O)NCC(O)c2cccc(OC)c2)s1. The molecule has 2 aromatic rings. The summed E-state index contributed by atoms with van der Waals surface area (Å²) in [5.41, 5.74) is 0.704. The molecule has 2 amide bonds. The first-order valence-corrected chi connectivity index (χ1v) is 8.35. The molecule has 0 aliphatic heterocycles. The van der Waals surface area contributed by atoms with E-state index in [1.807, 2.05) is 12.1 Å². The number of aryl methyl sites for hydroxylation is 1. The summed E-state index contributed by atoms with van der Waals surface area (Å²) in [5, 5.41) is 15.6. The number of methoxy groups -OCH3 is 1. The molecule has 0 saturated heterocycles. The Morgan fingerprint density at radius 3 is 2.74 bits per heavy atom. The summed E-state index contributed by atoms with van der Waals surface area (Å²) in [6.45, 7) is 2.74. The van der Waals surface area contributed by atoms with Crippen LogP contribution in [0.4, 0.5) is 4.79 Å². The van der Waals surface area contributed by atoms with Crippen LogP contribution in [0.1, 0.15) is 28.3 Å². The highest BCUT2D eigenvalue weighted by atomic mass is 32.1. The summed E-state index contributed by atoms with van der Waals surface area (Å²) >= 11 is 1.69. The van der Waals surface area contributed by atoms with Crippen molar-refractivity contribution in [2.24, 2.45) is 0 Å². The molecule has 1 atom stereocenters. The van der Waals surface area contributed by atoms with Crippen molar-refractivity contribution in [1.29, 1.82) is 0 Å². The van der Waals surface area contributed by atoms with E-state index in [1.54, 1.807) is 36.6 Å². The van der Waals surface area contributed by atoms with E-state index < -0.39 is 6.10 Å². The fraction of sp³-hybridized carbons (Fsp3) is 0.353. The fourth-order valence-electron chi connectivity index (χ4n) is 2.09. The number of thiophene rings is 1. The topological polar surface area (TPSA) is 70.6 Å². The molecule has 1 aromatic carbocycles. The maximum absolute atomic E-state index is 11.8. The number of amides is 2. The molecule has 6 heteroatoms. The van der Waals surface area contributed by atoms with Crippen molar-refractivity contribution in [2.75, 3.05) is 13.7 Å². The largest absolute Gasteiger partial charge is 0.497 e. The Bertz CT molecular complexity index is 642. The van der Waals surface area contributed by atoms with Gasteiger partial charge in [-0.05, 0) is 36.2 Å². The lowest BCUT2D eigenvalue weighted by atomic mass is 10.1. The van der Waals surface area contributed by atoms with Gasteiger partial charge in [-0.3, -0.25) is 0 Å². The summed E-state index contributed by atoms with van der Waals surface area (Å²) in [6, 6.07) is 11.0. The van der Waals surface area contributed by atoms with Gasteiger partial charge in [0.05, 0.1) is 19.8 Å². The van der Waals surface area contributed by atoms with Crippen LogP contribution >= 0.6 is 11.3 Å². The van der Waals surface area contributed by atoms with Crippen molar-refractivity contribution in [1.82, 2.24) is 10.6 Å². The average Bonchev–Trinajstić information content (AvgIpc) is 3.06.